The minimum absolute atomic E-state index is 0.0702. The zero-order valence-electron chi connectivity index (χ0n) is 20.5. The van der Waals surface area contributed by atoms with Crippen molar-refractivity contribution in [2.75, 3.05) is 7.11 Å². The number of unbranched alkanes of at least 4 members (excludes halogenated alkanes) is 1. The predicted octanol–water partition coefficient (Wildman–Crippen LogP) is 5.82. The largest absolute Gasteiger partial charge is 0.497 e. The van der Waals surface area contributed by atoms with Crippen LogP contribution in [0.15, 0.2) is 41.0 Å². The van der Waals surface area contributed by atoms with Crippen LogP contribution in [0.4, 0.5) is 0 Å². The maximum atomic E-state index is 13.2. The van der Waals surface area contributed by atoms with Crippen molar-refractivity contribution in [3.63, 3.8) is 0 Å². The van der Waals surface area contributed by atoms with Gasteiger partial charge in [-0.15, -0.1) is 0 Å². The first-order valence-corrected chi connectivity index (χ1v) is 13.0. The smallest absolute Gasteiger partial charge is 0.220 e. The summed E-state index contributed by atoms with van der Waals surface area (Å²) >= 11 is 0. The van der Waals surface area contributed by atoms with Crippen molar-refractivity contribution >= 4 is 11.7 Å². The number of methoxy groups -OCH3 is 1. The van der Waals surface area contributed by atoms with Crippen molar-refractivity contribution in [2.45, 2.75) is 77.2 Å². The average Bonchev–Trinajstić information content (AvgIpc) is 3.46. The fraction of sp³-hybridized carbons (Fsp3) is 0.586. The Kier molecular flexibility index (Phi) is 6.54. The number of fused-ring (bicyclic) bond motifs is 5. The van der Waals surface area contributed by atoms with Crippen LogP contribution in [-0.4, -0.2) is 18.8 Å². The second-order valence-corrected chi connectivity index (χ2v) is 10.8. The van der Waals surface area contributed by atoms with Crippen molar-refractivity contribution < 1.29 is 18.7 Å². The summed E-state index contributed by atoms with van der Waals surface area (Å²) in [6, 6.07) is 10.3. The van der Waals surface area contributed by atoms with Gasteiger partial charge >= 0.3 is 0 Å². The molecular weight excluding hydrogens is 426 g/mol. The highest BCUT2D eigenvalue weighted by Gasteiger charge is 2.58. The second-order valence-electron chi connectivity index (χ2n) is 10.8. The maximum absolute atomic E-state index is 13.2. The van der Waals surface area contributed by atoms with Crippen molar-refractivity contribution in [3.05, 3.63) is 53.5 Å². The highest BCUT2D eigenvalue weighted by molar-refractivity contribution is 5.87. The van der Waals surface area contributed by atoms with E-state index >= 15 is 0 Å². The number of ether oxygens (including phenoxy) is 1. The van der Waals surface area contributed by atoms with Gasteiger partial charge in [0.2, 0.25) is 5.91 Å². The minimum atomic E-state index is -0.157. The first kappa shape index (κ1) is 23.2. The molecule has 2 fully saturated rings. The molecule has 34 heavy (non-hydrogen) atoms. The molecule has 1 aromatic carbocycles. The van der Waals surface area contributed by atoms with Crippen LogP contribution in [0.3, 0.4) is 0 Å². The topological polar surface area (TPSA) is 68.5 Å². The van der Waals surface area contributed by atoms with Gasteiger partial charge in [0.1, 0.15) is 17.3 Å². The van der Waals surface area contributed by atoms with Gasteiger partial charge in [-0.1, -0.05) is 19.4 Å². The molecule has 5 heteroatoms. The summed E-state index contributed by atoms with van der Waals surface area (Å²) in [5.41, 5.74) is 2.77. The third kappa shape index (κ3) is 4.30. The lowest BCUT2D eigenvalue weighted by atomic mass is 9.54. The summed E-state index contributed by atoms with van der Waals surface area (Å²) in [5.74, 6) is 4.36. The van der Waals surface area contributed by atoms with E-state index < -0.39 is 0 Å². The molecule has 1 aromatic heterocycles. The molecule has 2 aromatic rings. The van der Waals surface area contributed by atoms with Crippen LogP contribution in [0.2, 0.25) is 0 Å². The van der Waals surface area contributed by atoms with E-state index in [9.17, 15) is 9.59 Å². The number of carbonyl (C=O) groups is 2. The number of Topliss-reactive ketones (excluding diaryl/α,β-unsaturated/α-hetero) is 1. The van der Waals surface area contributed by atoms with Crippen LogP contribution < -0.4 is 10.1 Å². The van der Waals surface area contributed by atoms with Gasteiger partial charge in [0.15, 0.2) is 0 Å². The monoisotopic (exact) mass is 463 g/mol. The molecule has 5 nitrogen and oxygen atoms in total. The van der Waals surface area contributed by atoms with E-state index in [2.05, 4.69) is 30.4 Å². The molecule has 182 valence electrons. The number of hydrogen-bond donors (Lipinski definition) is 1. The highest BCUT2D eigenvalue weighted by atomic mass is 16.5. The predicted molar refractivity (Wildman–Crippen MR) is 131 cm³/mol. The lowest BCUT2D eigenvalue weighted by Crippen LogP contribution is -2.44. The molecule has 0 bridgehead atoms. The summed E-state index contributed by atoms with van der Waals surface area (Å²) in [4.78, 5) is 25.4. The first-order valence-electron chi connectivity index (χ1n) is 13.0. The molecule has 3 aliphatic rings. The number of carbonyl (C=O) groups excluding carboxylic acids is 2. The Labute approximate surface area is 202 Å². The summed E-state index contributed by atoms with van der Waals surface area (Å²) in [6.07, 6.45) is 10.2. The molecule has 2 saturated carbocycles. The minimum Gasteiger partial charge on any atom is -0.497 e. The molecule has 0 aliphatic heterocycles. The van der Waals surface area contributed by atoms with Crippen molar-refractivity contribution in [2.24, 2.45) is 23.2 Å². The van der Waals surface area contributed by atoms with Crippen molar-refractivity contribution in [1.29, 1.82) is 0 Å². The fourth-order valence-corrected chi connectivity index (χ4v) is 7.39. The number of aryl methyl sites for hydroxylation is 1. The fourth-order valence-electron chi connectivity index (χ4n) is 7.39. The summed E-state index contributed by atoms with van der Waals surface area (Å²) in [7, 11) is 1.73. The SMILES string of the molecule is COc1ccc2c(c1)CC[C@H]1[C@@H]3[C@H](CCCCC(=O)NCc4ccco4)CC(=O)[C@@]3(C)CC[C@H]21. The molecule has 0 unspecified atom stereocenters. The number of hydrogen-bond acceptors (Lipinski definition) is 4. The molecule has 1 N–H and O–H groups in total. The van der Waals surface area contributed by atoms with Gasteiger partial charge in [0, 0.05) is 18.3 Å². The van der Waals surface area contributed by atoms with Gasteiger partial charge < -0.3 is 14.5 Å². The summed E-state index contributed by atoms with van der Waals surface area (Å²) < 4.78 is 10.7. The quantitative estimate of drug-likeness (QED) is 0.501. The van der Waals surface area contributed by atoms with Crippen LogP contribution in [0.1, 0.15) is 81.1 Å². The molecular formula is C29H37NO4. The van der Waals surface area contributed by atoms with Gasteiger partial charge in [-0.25, -0.2) is 0 Å². The standard InChI is InChI=1S/C29H37NO4/c1-29-14-13-24-23-12-10-21(33-2)16-19(23)9-11-25(24)28(29)20(17-26(29)31)6-3-4-8-27(32)30-18-22-7-5-15-34-22/h5,7,10,12,15-16,20,24-25,28H,3-4,6,8-9,11,13-14,17-18H2,1-2H3,(H,30,32)/t20-,24-,25-,28+,29-/m1/s1. The lowest BCUT2D eigenvalue weighted by Gasteiger charge is -2.50. The van der Waals surface area contributed by atoms with Gasteiger partial charge in [0.05, 0.1) is 19.9 Å². The number of furan rings is 1. The zero-order valence-corrected chi connectivity index (χ0v) is 20.5. The molecule has 5 rings (SSSR count). The number of ketones is 1. The van der Waals surface area contributed by atoms with E-state index in [-0.39, 0.29) is 11.3 Å². The third-order valence-electron chi connectivity index (χ3n) is 9.05. The van der Waals surface area contributed by atoms with E-state index in [0.29, 0.717) is 42.4 Å². The number of rotatable bonds is 8. The Bertz CT molecular complexity index is 1030. The summed E-state index contributed by atoms with van der Waals surface area (Å²) in [6.45, 7) is 2.70. The van der Waals surface area contributed by atoms with Crippen LogP contribution in [-0.2, 0) is 22.6 Å². The van der Waals surface area contributed by atoms with Gasteiger partial charge in [-0.3, -0.25) is 9.59 Å². The van der Waals surface area contributed by atoms with E-state index in [1.807, 2.05) is 12.1 Å². The van der Waals surface area contributed by atoms with Crippen molar-refractivity contribution in [3.8, 4) is 5.75 Å². The second kappa shape index (κ2) is 9.59. The third-order valence-corrected chi connectivity index (χ3v) is 9.05. The molecule has 0 spiro atoms. The Morgan fingerprint density at radius 2 is 2.12 bits per heavy atom. The molecule has 1 heterocycles. The van der Waals surface area contributed by atoms with Gasteiger partial charge in [0.25, 0.3) is 0 Å². The molecule has 5 atom stereocenters. The normalized spacial score (nSPS) is 29.8. The zero-order chi connectivity index (χ0) is 23.7. The Hall–Kier alpha value is -2.56. The van der Waals surface area contributed by atoms with E-state index in [4.69, 9.17) is 9.15 Å². The molecule has 1 amide bonds. The number of amides is 1. The molecule has 3 aliphatic carbocycles. The van der Waals surface area contributed by atoms with Gasteiger partial charge in [-0.05, 0) is 97.6 Å². The molecule has 0 saturated heterocycles. The van der Waals surface area contributed by atoms with Crippen LogP contribution in [0.25, 0.3) is 0 Å². The first-order chi connectivity index (χ1) is 16.5. The van der Waals surface area contributed by atoms with Crippen LogP contribution >= 0.6 is 0 Å². The Morgan fingerprint density at radius 3 is 2.91 bits per heavy atom. The van der Waals surface area contributed by atoms with E-state index in [0.717, 1.165) is 56.5 Å². The average molecular weight is 464 g/mol. The maximum Gasteiger partial charge on any atom is 0.220 e. The highest BCUT2D eigenvalue weighted by Crippen LogP contribution is 2.62. The summed E-state index contributed by atoms with van der Waals surface area (Å²) in [5, 5.41) is 2.93. The van der Waals surface area contributed by atoms with Crippen molar-refractivity contribution in [1.82, 2.24) is 5.32 Å². The Balaban J connectivity index is 1.20. The Morgan fingerprint density at radius 1 is 1.24 bits per heavy atom. The molecule has 0 radical (unpaired) electrons. The van der Waals surface area contributed by atoms with Gasteiger partial charge in [-0.2, -0.15) is 0 Å². The number of benzene rings is 1. The van der Waals surface area contributed by atoms with Crippen LogP contribution in [0, 0.1) is 23.2 Å². The van der Waals surface area contributed by atoms with E-state index in [1.54, 1.807) is 13.4 Å². The lowest BCUT2D eigenvalue weighted by molar-refractivity contribution is -0.129. The van der Waals surface area contributed by atoms with E-state index in [1.165, 1.54) is 17.5 Å². The number of nitrogens with one attached hydrogen (secondary N) is 1. The van der Waals surface area contributed by atoms with Crippen LogP contribution in [0.5, 0.6) is 5.75 Å².